The Morgan fingerprint density at radius 3 is 1.70 bits per heavy atom. The van der Waals surface area contributed by atoms with Gasteiger partial charge in [0, 0.05) is 28.2 Å². The average Bonchev–Trinajstić information content (AvgIpc) is 3.36. The predicted molar refractivity (Wildman–Crippen MR) is 176 cm³/mol. The fourth-order valence-electron chi connectivity index (χ4n) is 7.33. The van der Waals surface area contributed by atoms with Crippen LogP contribution in [0.25, 0.3) is 21.9 Å². The third-order valence-electron chi connectivity index (χ3n) is 9.09. The van der Waals surface area contributed by atoms with Crippen molar-refractivity contribution in [2.45, 2.75) is 5.41 Å². The molecule has 1 spiro atoms. The molecule has 7 aromatic rings. The molecule has 1 aliphatic carbocycles. The molecule has 43 heavy (non-hydrogen) atoms. The van der Waals surface area contributed by atoms with Crippen molar-refractivity contribution in [3.8, 4) is 22.6 Å². The minimum Gasteiger partial charge on any atom is -0.457 e. The lowest BCUT2D eigenvalue weighted by atomic mass is 9.66. The molecule has 202 valence electrons. The number of benzene rings is 7. The number of hydrogen-bond donors (Lipinski definition) is 0. The number of hydrogen-bond acceptors (Lipinski definition) is 2. The van der Waals surface area contributed by atoms with Gasteiger partial charge >= 0.3 is 0 Å². The molecule has 0 atom stereocenters. The highest BCUT2D eigenvalue weighted by molar-refractivity contribution is 5.93. The van der Waals surface area contributed by atoms with E-state index < -0.39 is 5.41 Å². The smallest absolute Gasteiger partial charge is 0.132 e. The van der Waals surface area contributed by atoms with E-state index in [9.17, 15) is 0 Å². The van der Waals surface area contributed by atoms with Gasteiger partial charge in [0.25, 0.3) is 0 Å². The van der Waals surface area contributed by atoms with Crippen LogP contribution in [0.2, 0.25) is 0 Å². The third-order valence-corrected chi connectivity index (χ3v) is 9.09. The van der Waals surface area contributed by atoms with E-state index in [0.29, 0.717) is 0 Å². The summed E-state index contributed by atoms with van der Waals surface area (Å²) in [5, 5.41) is 2.46. The van der Waals surface area contributed by atoms with Crippen LogP contribution in [0.15, 0.2) is 164 Å². The summed E-state index contributed by atoms with van der Waals surface area (Å²) in [5.74, 6) is 1.82. The molecule has 7 aromatic carbocycles. The van der Waals surface area contributed by atoms with E-state index in [1.54, 1.807) is 0 Å². The first kappa shape index (κ1) is 24.0. The van der Waals surface area contributed by atoms with Gasteiger partial charge in [0.1, 0.15) is 11.5 Å². The molecule has 2 nitrogen and oxygen atoms in total. The average molecular weight is 550 g/mol. The quantitative estimate of drug-likeness (QED) is 0.217. The summed E-state index contributed by atoms with van der Waals surface area (Å²) in [5.41, 5.74) is 10.4. The highest BCUT2D eigenvalue weighted by Crippen LogP contribution is 2.62. The van der Waals surface area contributed by atoms with Crippen molar-refractivity contribution in [1.82, 2.24) is 0 Å². The molecular formula is C41H27NO. The van der Waals surface area contributed by atoms with Gasteiger partial charge < -0.3 is 9.64 Å². The van der Waals surface area contributed by atoms with Crippen LogP contribution < -0.4 is 9.64 Å². The summed E-state index contributed by atoms with van der Waals surface area (Å²) in [6, 6.07) is 58.9. The van der Waals surface area contributed by atoms with Crippen LogP contribution in [0.1, 0.15) is 22.3 Å². The first-order valence-corrected chi connectivity index (χ1v) is 14.8. The Balaban J connectivity index is 1.32. The van der Waals surface area contributed by atoms with Crippen LogP contribution in [0.3, 0.4) is 0 Å². The Morgan fingerprint density at radius 1 is 0.372 bits per heavy atom. The van der Waals surface area contributed by atoms with Crippen molar-refractivity contribution in [1.29, 1.82) is 0 Å². The van der Waals surface area contributed by atoms with Crippen LogP contribution in [-0.4, -0.2) is 0 Å². The molecule has 2 aliphatic rings. The normalized spacial score (nSPS) is 13.5. The van der Waals surface area contributed by atoms with E-state index in [2.05, 4.69) is 169 Å². The molecule has 9 rings (SSSR count). The second kappa shape index (κ2) is 9.20. The molecule has 1 aliphatic heterocycles. The predicted octanol–water partition coefficient (Wildman–Crippen LogP) is 10.8. The molecule has 0 saturated carbocycles. The van der Waals surface area contributed by atoms with Gasteiger partial charge in [0.05, 0.1) is 5.41 Å². The van der Waals surface area contributed by atoms with Crippen molar-refractivity contribution in [2.24, 2.45) is 0 Å². The lowest BCUT2D eigenvalue weighted by molar-refractivity contribution is 0.436. The van der Waals surface area contributed by atoms with Gasteiger partial charge in [-0.05, 0) is 81.6 Å². The lowest BCUT2D eigenvalue weighted by Crippen LogP contribution is -2.32. The van der Waals surface area contributed by atoms with Crippen LogP contribution in [0.4, 0.5) is 17.1 Å². The van der Waals surface area contributed by atoms with Crippen LogP contribution >= 0.6 is 0 Å². The Labute approximate surface area is 251 Å². The van der Waals surface area contributed by atoms with Crippen molar-refractivity contribution < 1.29 is 4.74 Å². The molecule has 0 bridgehead atoms. The van der Waals surface area contributed by atoms with Crippen molar-refractivity contribution in [2.75, 3.05) is 4.90 Å². The molecule has 1 heterocycles. The lowest BCUT2D eigenvalue weighted by Gasteiger charge is -2.39. The number of fused-ring (bicyclic) bond motifs is 10. The maximum atomic E-state index is 6.50. The van der Waals surface area contributed by atoms with Crippen molar-refractivity contribution in [3.63, 3.8) is 0 Å². The largest absolute Gasteiger partial charge is 0.457 e. The van der Waals surface area contributed by atoms with Gasteiger partial charge in [-0.1, -0.05) is 115 Å². The van der Waals surface area contributed by atoms with E-state index in [4.69, 9.17) is 4.74 Å². The standard InChI is InChI=1S/C41H27NO/c1-2-14-30(15-3-1)42(31-23-22-28-12-4-5-13-29(28)26-31)32-24-25-36-34(27-32)33-16-6-7-17-35(33)41(36)37-18-8-10-20-39(37)43-40-21-11-9-19-38(40)41/h1-27H. The Hall–Kier alpha value is -5.60. The van der Waals surface area contributed by atoms with Crippen molar-refractivity contribution >= 4 is 27.8 Å². The highest BCUT2D eigenvalue weighted by Gasteiger charge is 2.51. The second-order valence-corrected chi connectivity index (χ2v) is 11.3. The number of anilines is 3. The Morgan fingerprint density at radius 2 is 0.930 bits per heavy atom. The van der Waals surface area contributed by atoms with Gasteiger partial charge in [0.2, 0.25) is 0 Å². The molecule has 0 aromatic heterocycles. The monoisotopic (exact) mass is 549 g/mol. The minimum absolute atomic E-state index is 0.462. The zero-order chi connectivity index (χ0) is 28.4. The number of ether oxygens (including phenoxy) is 1. The van der Waals surface area contributed by atoms with E-state index in [0.717, 1.165) is 28.6 Å². The molecule has 0 unspecified atom stereocenters. The first-order chi connectivity index (χ1) is 21.3. The summed E-state index contributed by atoms with van der Waals surface area (Å²) >= 11 is 0. The van der Waals surface area contributed by atoms with E-state index in [-0.39, 0.29) is 0 Å². The number of rotatable bonds is 3. The fourth-order valence-corrected chi connectivity index (χ4v) is 7.33. The second-order valence-electron chi connectivity index (χ2n) is 11.3. The molecule has 2 heteroatoms. The highest BCUT2D eigenvalue weighted by atomic mass is 16.5. The zero-order valence-electron chi connectivity index (χ0n) is 23.4. The number of nitrogens with zero attached hydrogens (tertiary/aromatic N) is 1. The van der Waals surface area contributed by atoms with E-state index in [1.807, 2.05) is 0 Å². The van der Waals surface area contributed by atoms with Gasteiger partial charge in [-0.25, -0.2) is 0 Å². The summed E-state index contributed by atoms with van der Waals surface area (Å²) in [6.45, 7) is 0. The van der Waals surface area contributed by atoms with Gasteiger partial charge in [-0.15, -0.1) is 0 Å². The van der Waals surface area contributed by atoms with Gasteiger partial charge in [-0.3, -0.25) is 0 Å². The van der Waals surface area contributed by atoms with Crippen molar-refractivity contribution in [3.05, 3.63) is 186 Å². The van der Waals surface area contributed by atoms with E-state index >= 15 is 0 Å². The van der Waals surface area contributed by atoms with Crippen LogP contribution in [-0.2, 0) is 5.41 Å². The third kappa shape index (κ3) is 3.41. The first-order valence-electron chi connectivity index (χ1n) is 14.8. The van der Waals surface area contributed by atoms with E-state index in [1.165, 1.54) is 44.2 Å². The molecular weight excluding hydrogens is 522 g/mol. The SMILES string of the molecule is c1ccc(N(c2ccc3c(c2)-c2ccccc2C32c3ccccc3Oc3ccccc32)c2ccc3ccccc3c2)cc1. The minimum atomic E-state index is -0.462. The fraction of sp³-hybridized carbons (Fsp3) is 0.0244. The zero-order valence-corrected chi connectivity index (χ0v) is 23.4. The molecule has 0 radical (unpaired) electrons. The summed E-state index contributed by atoms with van der Waals surface area (Å²) in [4.78, 5) is 2.37. The number of para-hydroxylation sites is 3. The Bertz CT molecular complexity index is 2140. The Kier molecular flexibility index (Phi) is 5.15. The molecule has 0 N–H and O–H groups in total. The van der Waals surface area contributed by atoms with Crippen LogP contribution in [0.5, 0.6) is 11.5 Å². The molecule has 0 fully saturated rings. The van der Waals surface area contributed by atoms with Crippen LogP contribution in [0, 0.1) is 0 Å². The molecule has 0 amide bonds. The topological polar surface area (TPSA) is 12.5 Å². The molecule has 0 saturated heterocycles. The summed E-state index contributed by atoms with van der Waals surface area (Å²) < 4.78 is 6.50. The maximum absolute atomic E-state index is 6.50. The summed E-state index contributed by atoms with van der Waals surface area (Å²) in [6.07, 6.45) is 0. The maximum Gasteiger partial charge on any atom is 0.132 e. The summed E-state index contributed by atoms with van der Waals surface area (Å²) in [7, 11) is 0. The van der Waals surface area contributed by atoms with Gasteiger partial charge in [-0.2, -0.15) is 0 Å². The van der Waals surface area contributed by atoms with Gasteiger partial charge in [0.15, 0.2) is 0 Å².